The maximum atomic E-state index is 13.6. The van der Waals surface area contributed by atoms with E-state index in [-0.39, 0.29) is 5.82 Å². The van der Waals surface area contributed by atoms with Crippen LogP contribution >= 0.6 is 11.3 Å². The van der Waals surface area contributed by atoms with Gasteiger partial charge in [-0.1, -0.05) is 12.1 Å². The van der Waals surface area contributed by atoms with Crippen molar-refractivity contribution in [3.63, 3.8) is 0 Å². The second-order valence-electron chi connectivity index (χ2n) is 3.74. The highest BCUT2D eigenvalue weighted by molar-refractivity contribution is 7.13. The molecule has 3 heteroatoms. The average Bonchev–Trinajstić information content (AvgIpc) is 2.88. The number of aryl methyl sites for hydroxylation is 1. The largest absolute Gasteiger partial charge is 0.343 e. The first-order valence-corrected chi connectivity index (χ1v) is 5.93. The van der Waals surface area contributed by atoms with E-state index in [0.717, 1.165) is 16.1 Å². The molecule has 0 bridgehead atoms. The van der Waals surface area contributed by atoms with Crippen molar-refractivity contribution in [2.24, 2.45) is 7.05 Å². The Labute approximate surface area is 96.8 Å². The average molecular weight is 231 g/mol. The summed E-state index contributed by atoms with van der Waals surface area (Å²) in [5, 5.41) is 2.72. The topological polar surface area (TPSA) is 4.93 Å². The highest BCUT2D eigenvalue weighted by Gasteiger charge is 2.10. The fourth-order valence-electron chi connectivity index (χ4n) is 1.99. The molecule has 1 nitrogen and oxygen atoms in total. The first kappa shape index (κ1) is 9.60. The lowest BCUT2D eigenvalue weighted by atomic mass is 10.2. The van der Waals surface area contributed by atoms with E-state index in [4.69, 9.17) is 0 Å². The van der Waals surface area contributed by atoms with Crippen molar-refractivity contribution < 1.29 is 4.39 Å². The quantitative estimate of drug-likeness (QED) is 0.595. The van der Waals surface area contributed by atoms with Crippen LogP contribution in [0.3, 0.4) is 0 Å². The van der Waals surface area contributed by atoms with Gasteiger partial charge in [-0.05, 0) is 29.6 Å². The molecule has 0 unspecified atom stereocenters. The van der Waals surface area contributed by atoms with Crippen LogP contribution in [0, 0.1) is 5.82 Å². The van der Waals surface area contributed by atoms with Crippen LogP contribution in [-0.4, -0.2) is 4.57 Å². The van der Waals surface area contributed by atoms with E-state index in [1.165, 1.54) is 6.07 Å². The van der Waals surface area contributed by atoms with Gasteiger partial charge in [-0.2, -0.15) is 0 Å². The van der Waals surface area contributed by atoms with Crippen LogP contribution in [0.1, 0.15) is 0 Å². The summed E-state index contributed by atoms with van der Waals surface area (Å²) in [6, 6.07) is 11.2. The van der Waals surface area contributed by atoms with E-state index in [0.29, 0.717) is 5.39 Å². The summed E-state index contributed by atoms with van der Waals surface area (Å²) in [6.07, 6.45) is 0. The van der Waals surface area contributed by atoms with E-state index >= 15 is 0 Å². The van der Waals surface area contributed by atoms with E-state index in [2.05, 4.69) is 6.07 Å². The van der Waals surface area contributed by atoms with E-state index < -0.39 is 0 Å². The van der Waals surface area contributed by atoms with Gasteiger partial charge in [-0.3, -0.25) is 0 Å². The molecule has 0 aliphatic rings. The molecule has 0 aliphatic carbocycles. The third-order valence-corrected chi connectivity index (χ3v) is 3.70. The zero-order chi connectivity index (χ0) is 11.1. The monoisotopic (exact) mass is 231 g/mol. The summed E-state index contributed by atoms with van der Waals surface area (Å²) in [4.78, 5) is 1.16. The maximum Gasteiger partial charge on any atom is 0.132 e. The van der Waals surface area contributed by atoms with Gasteiger partial charge in [0.05, 0.1) is 16.1 Å². The number of hydrogen-bond acceptors (Lipinski definition) is 1. The summed E-state index contributed by atoms with van der Waals surface area (Å²) in [5.74, 6) is -0.157. The second-order valence-corrected chi connectivity index (χ2v) is 4.69. The van der Waals surface area contributed by atoms with Crippen molar-refractivity contribution >= 4 is 22.2 Å². The Morgan fingerprint density at radius 2 is 2.06 bits per heavy atom. The number of thiophene rings is 1. The summed E-state index contributed by atoms with van der Waals surface area (Å²) >= 11 is 1.67. The Bertz CT molecular complexity index is 637. The maximum absolute atomic E-state index is 13.6. The van der Waals surface area contributed by atoms with Gasteiger partial charge < -0.3 is 4.57 Å². The molecule has 0 atom stereocenters. The molecule has 3 rings (SSSR count). The number of halogens is 1. The van der Waals surface area contributed by atoms with Gasteiger partial charge in [-0.15, -0.1) is 11.3 Å². The number of aromatic nitrogens is 1. The Balaban J connectivity index is 2.36. The van der Waals surface area contributed by atoms with Crippen molar-refractivity contribution in [1.82, 2.24) is 4.57 Å². The molecule has 0 spiro atoms. The lowest BCUT2D eigenvalue weighted by Gasteiger charge is -2.00. The normalized spacial score (nSPS) is 11.1. The van der Waals surface area contributed by atoms with Crippen molar-refractivity contribution in [2.75, 3.05) is 0 Å². The molecule has 2 heterocycles. The standard InChI is InChI=1S/C13H10FNS/c1-15-11-5-2-4-10(14)9(11)8-12(15)13-6-3-7-16-13/h2-8H,1H3. The highest BCUT2D eigenvalue weighted by atomic mass is 32.1. The number of nitrogens with zero attached hydrogens (tertiary/aromatic N) is 1. The molecule has 0 amide bonds. The third-order valence-electron chi connectivity index (χ3n) is 2.81. The van der Waals surface area contributed by atoms with Crippen molar-refractivity contribution in [3.05, 3.63) is 47.6 Å². The molecule has 3 aromatic rings. The van der Waals surface area contributed by atoms with Crippen molar-refractivity contribution in [3.8, 4) is 10.6 Å². The number of hydrogen-bond donors (Lipinski definition) is 0. The van der Waals surface area contributed by atoms with Gasteiger partial charge in [0.2, 0.25) is 0 Å². The minimum absolute atomic E-state index is 0.157. The fourth-order valence-corrected chi connectivity index (χ4v) is 2.76. The Hall–Kier alpha value is -1.61. The minimum atomic E-state index is -0.157. The fraction of sp³-hybridized carbons (Fsp3) is 0.0769. The SMILES string of the molecule is Cn1c(-c2cccs2)cc2c(F)cccc21. The van der Waals surface area contributed by atoms with Crippen LogP contribution in [0.2, 0.25) is 0 Å². The molecule has 0 aliphatic heterocycles. The van der Waals surface area contributed by atoms with E-state index in [1.54, 1.807) is 17.4 Å². The van der Waals surface area contributed by atoms with Gasteiger partial charge in [-0.25, -0.2) is 4.39 Å². The molecule has 0 saturated carbocycles. The summed E-state index contributed by atoms with van der Waals surface area (Å²) in [7, 11) is 1.97. The first-order valence-electron chi connectivity index (χ1n) is 5.05. The summed E-state index contributed by atoms with van der Waals surface area (Å²) in [5.41, 5.74) is 2.00. The Morgan fingerprint density at radius 1 is 1.19 bits per heavy atom. The van der Waals surface area contributed by atoms with Crippen LogP contribution in [0.15, 0.2) is 41.8 Å². The molecular formula is C13H10FNS. The van der Waals surface area contributed by atoms with Crippen LogP contribution in [0.5, 0.6) is 0 Å². The minimum Gasteiger partial charge on any atom is -0.343 e. The van der Waals surface area contributed by atoms with Crippen LogP contribution in [0.4, 0.5) is 4.39 Å². The van der Waals surface area contributed by atoms with Crippen LogP contribution in [-0.2, 0) is 7.05 Å². The lowest BCUT2D eigenvalue weighted by molar-refractivity contribution is 0.640. The summed E-state index contributed by atoms with van der Waals surface area (Å²) in [6.45, 7) is 0. The van der Waals surface area contributed by atoms with Gasteiger partial charge >= 0.3 is 0 Å². The first-order chi connectivity index (χ1) is 7.77. The molecule has 0 radical (unpaired) electrons. The molecule has 0 fully saturated rings. The van der Waals surface area contributed by atoms with Crippen LogP contribution < -0.4 is 0 Å². The van der Waals surface area contributed by atoms with Crippen molar-refractivity contribution in [2.45, 2.75) is 0 Å². The highest BCUT2D eigenvalue weighted by Crippen LogP contribution is 2.31. The number of rotatable bonds is 1. The van der Waals surface area contributed by atoms with Gasteiger partial charge in [0.1, 0.15) is 5.82 Å². The second kappa shape index (κ2) is 3.46. The predicted octanol–water partition coefficient (Wildman–Crippen LogP) is 4.05. The molecule has 80 valence electrons. The lowest BCUT2D eigenvalue weighted by Crippen LogP contribution is -1.89. The third kappa shape index (κ3) is 1.28. The van der Waals surface area contributed by atoms with Gasteiger partial charge in [0.15, 0.2) is 0 Å². The zero-order valence-electron chi connectivity index (χ0n) is 8.77. The molecule has 0 saturated heterocycles. The van der Waals surface area contributed by atoms with Crippen LogP contribution in [0.25, 0.3) is 21.5 Å². The number of fused-ring (bicyclic) bond motifs is 1. The Morgan fingerprint density at radius 3 is 2.75 bits per heavy atom. The van der Waals surface area contributed by atoms with Gasteiger partial charge in [0, 0.05) is 12.4 Å². The Kier molecular flexibility index (Phi) is 2.07. The number of benzene rings is 1. The molecule has 16 heavy (non-hydrogen) atoms. The molecule has 0 N–H and O–H groups in total. The van der Waals surface area contributed by atoms with E-state index in [1.807, 2.05) is 35.2 Å². The summed E-state index contributed by atoms with van der Waals surface area (Å²) < 4.78 is 15.6. The molecular weight excluding hydrogens is 221 g/mol. The predicted molar refractivity (Wildman–Crippen MR) is 66.2 cm³/mol. The zero-order valence-corrected chi connectivity index (χ0v) is 9.59. The van der Waals surface area contributed by atoms with E-state index in [9.17, 15) is 4.39 Å². The smallest absolute Gasteiger partial charge is 0.132 e. The molecule has 2 aromatic heterocycles. The molecule has 1 aromatic carbocycles. The van der Waals surface area contributed by atoms with Gasteiger partial charge in [0.25, 0.3) is 0 Å². The van der Waals surface area contributed by atoms with Crippen molar-refractivity contribution in [1.29, 1.82) is 0 Å².